The summed E-state index contributed by atoms with van der Waals surface area (Å²) < 4.78 is -0.0180. The van der Waals surface area contributed by atoms with Crippen LogP contribution in [0.4, 0.5) is 4.79 Å². The molecule has 17 heavy (non-hydrogen) atoms. The van der Waals surface area contributed by atoms with Crippen LogP contribution in [0.25, 0.3) is 0 Å². The average molecular weight is 241 g/mol. The molecule has 1 heterocycles. The number of hydrogen-bond donors (Lipinski definition) is 1. The summed E-state index contributed by atoms with van der Waals surface area (Å²) >= 11 is 0. The van der Waals surface area contributed by atoms with E-state index < -0.39 is 6.09 Å². The van der Waals surface area contributed by atoms with Gasteiger partial charge in [0, 0.05) is 6.54 Å². The van der Waals surface area contributed by atoms with Crippen molar-refractivity contribution in [3.63, 3.8) is 0 Å². The Morgan fingerprint density at radius 2 is 1.94 bits per heavy atom. The normalized spacial score (nSPS) is 23.3. The molecule has 98 valence electrons. The van der Waals surface area contributed by atoms with E-state index in [-0.39, 0.29) is 4.48 Å². The molecule has 4 nitrogen and oxygen atoms in total. The number of unbranched alkanes of at least 4 members (excludes halogenated alkanes) is 5. The monoisotopic (exact) mass is 241 g/mol. The molecule has 0 saturated heterocycles. The Morgan fingerprint density at radius 1 is 1.29 bits per heavy atom. The molecule has 0 aromatic rings. The summed E-state index contributed by atoms with van der Waals surface area (Å²) in [5, 5.41) is 9.05. The Balaban J connectivity index is 2.11. The van der Waals surface area contributed by atoms with E-state index in [4.69, 9.17) is 5.11 Å². The van der Waals surface area contributed by atoms with Crippen molar-refractivity contribution >= 4 is 6.09 Å². The first-order chi connectivity index (χ1) is 8.08. The van der Waals surface area contributed by atoms with E-state index in [1.165, 1.54) is 32.1 Å². The van der Waals surface area contributed by atoms with Gasteiger partial charge in [0.15, 0.2) is 6.67 Å². The van der Waals surface area contributed by atoms with Crippen LogP contribution in [0.5, 0.6) is 0 Å². The van der Waals surface area contributed by atoms with E-state index in [1.54, 1.807) is 13.2 Å². The lowest BCUT2D eigenvalue weighted by Gasteiger charge is -2.22. The van der Waals surface area contributed by atoms with Gasteiger partial charge >= 0.3 is 6.09 Å². The second-order valence-corrected chi connectivity index (χ2v) is 5.07. The van der Waals surface area contributed by atoms with Crippen LogP contribution in [-0.4, -0.2) is 40.8 Å². The van der Waals surface area contributed by atoms with Gasteiger partial charge in [-0.25, -0.2) is 0 Å². The van der Waals surface area contributed by atoms with Crippen molar-refractivity contribution in [2.45, 2.75) is 45.4 Å². The minimum absolute atomic E-state index is 0.0180. The summed E-state index contributed by atoms with van der Waals surface area (Å²) in [5.41, 5.74) is 0. The molecular formula is C13H25N2O2+. The molecule has 0 bridgehead atoms. The van der Waals surface area contributed by atoms with Gasteiger partial charge in [-0.2, -0.15) is 9.28 Å². The second-order valence-electron chi connectivity index (χ2n) is 5.07. The Hall–Kier alpha value is -1.03. The van der Waals surface area contributed by atoms with Gasteiger partial charge in [-0.3, -0.25) is 0 Å². The molecule has 0 aromatic carbocycles. The largest absolute Gasteiger partial charge is 0.519 e. The van der Waals surface area contributed by atoms with Gasteiger partial charge in [-0.1, -0.05) is 39.0 Å². The molecule has 1 atom stereocenters. The summed E-state index contributed by atoms with van der Waals surface area (Å²) in [6, 6.07) is 0. The fourth-order valence-electron chi connectivity index (χ4n) is 2.08. The van der Waals surface area contributed by atoms with Crippen molar-refractivity contribution in [1.29, 1.82) is 0 Å². The highest BCUT2D eigenvalue weighted by Crippen LogP contribution is 2.16. The third-order valence-electron chi connectivity index (χ3n) is 3.32. The summed E-state index contributed by atoms with van der Waals surface area (Å²) in [4.78, 5) is 13.1. The highest BCUT2D eigenvalue weighted by atomic mass is 16.4. The van der Waals surface area contributed by atoms with Gasteiger partial charge in [-0.05, 0) is 6.42 Å². The Bertz CT molecular complexity index is 279. The van der Waals surface area contributed by atoms with Crippen LogP contribution in [0.15, 0.2) is 12.4 Å². The van der Waals surface area contributed by atoms with Gasteiger partial charge in [0.1, 0.15) is 6.20 Å². The third-order valence-corrected chi connectivity index (χ3v) is 3.32. The first-order valence-corrected chi connectivity index (χ1v) is 6.60. The van der Waals surface area contributed by atoms with Crippen LogP contribution in [0, 0.1) is 0 Å². The Kier molecular flexibility index (Phi) is 5.48. The molecular weight excluding hydrogens is 216 g/mol. The fourth-order valence-corrected chi connectivity index (χ4v) is 2.08. The van der Waals surface area contributed by atoms with Crippen LogP contribution in [0.3, 0.4) is 0 Å². The lowest BCUT2D eigenvalue weighted by Crippen LogP contribution is -2.45. The highest BCUT2D eigenvalue weighted by molar-refractivity contribution is 5.57. The molecule has 1 unspecified atom stereocenters. The second kappa shape index (κ2) is 6.64. The van der Waals surface area contributed by atoms with Crippen molar-refractivity contribution in [2.75, 3.05) is 20.3 Å². The number of carbonyl (C=O) groups is 1. The van der Waals surface area contributed by atoms with Gasteiger partial charge in [-0.15, -0.1) is 0 Å². The maximum absolute atomic E-state index is 11.0. The van der Waals surface area contributed by atoms with Crippen LogP contribution in [0.1, 0.15) is 45.4 Å². The third kappa shape index (κ3) is 4.38. The van der Waals surface area contributed by atoms with E-state index in [9.17, 15) is 4.79 Å². The topological polar surface area (TPSA) is 40.5 Å². The first-order valence-electron chi connectivity index (χ1n) is 6.60. The van der Waals surface area contributed by atoms with Crippen molar-refractivity contribution in [3.05, 3.63) is 12.4 Å². The molecule has 0 radical (unpaired) electrons. The lowest BCUT2D eigenvalue weighted by atomic mass is 10.1. The quantitative estimate of drug-likeness (QED) is 0.549. The average Bonchev–Trinajstić information content (AvgIpc) is 2.67. The van der Waals surface area contributed by atoms with E-state index in [0.717, 1.165) is 13.0 Å². The Morgan fingerprint density at radius 3 is 2.53 bits per heavy atom. The molecule has 0 fully saturated rings. The van der Waals surface area contributed by atoms with E-state index >= 15 is 0 Å². The number of amides is 1. The standard InChI is InChI=1S/C13H24N2O2/c1-3-4-5-6-7-8-9-14-10-11-15(2,12-14)13(16)17/h10-11H,3-9,12H2,1-2H3/p+1. The number of hydrogen-bond acceptors (Lipinski definition) is 2. The molecule has 1 amide bonds. The molecule has 1 aliphatic rings. The van der Waals surface area contributed by atoms with Gasteiger partial charge in [0.25, 0.3) is 0 Å². The Labute approximate surface area is 104 Å². The van der Waals surface area contributed by atoms with Crippen molar-refractivity contribution in [3.8, 4) is 0 Å². The van der Waals surface area contributed by atoms with E-state index in [0.29, 0.717) is 6.67 Å². The first kappa shape index (κ1) is 14.0. The molecule has 4 heteroatoms. The predicted molar refractivity (Wildman–Crippen MR) is 68.3 cm³/mol. The zero-order chi connectivity index (χ0) is 12.7. The zero-order valence-electron chi connectivity index (χ0n) is 11.1. The fraction of sp³-hybridized carbons (Fsp3) is 0.769. The summed E-state index contributed by atoms with van der Waals surface area (Å²) in [6.45, 7) is 3.76. The molecule has 0 saturated carbocycles. The number of carboxylic acid groups (broad SMARTS) is 1. The summed E-state index contributed by atoms with van der Waals surface area (Å²) in [7, 11) is 1.72. The van der Waals surface area contributed by atoms with Crippen molar-refractivity contribution < 1.29 is 14.4 Å². The SMILES string of the molecule is CCCCCCCCN1C=C[N+](C)(C(=O)O)C1. The van der Waals surface area contributed by atoms with Gasteiger partial charge in [0.2, 0.25) is 0 Å². The molecule has 0 aliphatic carbocycles. The molecule has 1 aliphatic heterocycles. The minimum atomic E-state index is -0.785. The maximum Gasteiger partial charge on any atom is 0.519 e. The van der Waals surface area contributed by atoms with Crippen LogP contribution < -0.4 is 0 Å². The molecule has 1 N–H and O–H groups in total. The van der Waals surface area contributed by atoms with E-state index in [2.05, 4.69) is 11.8 Å². The van der Waals surface area contributed by atoms with Crippen LogP contribution in [0.2, 0.25) is 0 Å². The number of rotatable bonds is 7. The van der Waals surface area contributed by atoms with E-state index in [1.807, 2.05) is 6.20 Å². The van der Waals surface area contributed by atoms with Crippen molar-refractivity contribution in [1.82, 2.24) is 4.90 Å². The summed E-state index contributed by atoms with van der Waals surface area (Å²) in [5.74, 6) is 0. The summed E-state index contributed by atoms with van der Waals surface area (Å²) in [6.07, 6.45) is 10.5. The minimum Gasteiger partial charge on any atom is -0.435 e. The van der Waals surface area contributed by atoms with Gasteiger partial charge in [0.05, 0.1) is 13.2 Å². The smallest absolute Gasteiger partial charge is 0.435 e. The molecule has 1 rings (SSSR count). The van der Waals surface area contributed by atoms with Crippen LogP contribution in [-0.2, 0) is 0 Å². The van der Waals surface area contributed by atoms with Crippen molar-refractivity contribution in [2.24, 2.45) is 0 Å². The van der Waals surface area contributed by atoms with Crippen LogP contribution >= 0.6 is 0 Å². The molecule has 0 spiro atoms. The predicted octanol–water partition coefficient (Wildman–Crippen LogP) is 3.22. The van der Waals surface area contributed by atoms with Gasteiger partial charge < -0.3 is 10.0 Å². The number of nitrogens with zero attached hydrogens (tertiary/aromatic N) is 2. The number of quaternary nitrogens is 1. The lowest BCUT2D eigenvalue weighted by molar-refractivity contribution is -0.786. The zero-order valence-corrected chi connectivity index (χ0v) is 11.1. The highest BCUT2D eigenvalue weighted by Gasteiger charge is 2.35. The maximum atomic E-state index is 11.0. The molecule has 0 aromatic heterocycles.